The smallest absolute Gasteiger partial charge is 0.264 e. The minimum atomic E-state index is -4.12. The summed E-state index contributed by atoms with van der Waals surface area (Å²) in [6, 6.07) is 20.2. The first-order valence-corrected chi connectivity index (χ1v) is 14.3. The fraction of sp³-hybridized carbons (Fsp3) is 0.310. The quantitative estimate of drug-likeness (QED) is 0.370. The normalized spacial score (nSPS) is 12.0. The van der Waals surface area contributed by atoms with E-state index in [1.54, 1.807) is 37.3 Å². The third kappa shape index (κ3) is 6.94. The van der Waals surface area contributed by atoms with E-state index in [-0.39, 0.29) is 17.3 Å². The standard InChI is InChI=1S/C29H34ClN3O4S/c1-5-26(29(35)31-4)32(18-17-23-9-7-6-8-10-23)28(34)20-33(27-16-13-24(30)19-22(27)3)38(36,37)25-14-11-21(2)12-15-25/h6-16,19,26H,5,17-18,20H2,1-4H3,(H,31,35)/t26-/m0/s1. The summed E-state index contributed by atoms with van der Waals surface area (Å²) in [4.78, 5) is 28.2. The molecule has 0 radical (unpaired) electrons. The molecule has 3 aromatic rings. The number of hydrogen-bond acceptors (Lipinski definition) is 4. The summed E-state index contributed by atoms with van der Waals surface area (Å²) < 4.78 is 28.9. The van der Waals surface area contributed by atoms with E-state index >= 15 is 0 Å². The first-order valence-electron chi connectivity index (χ1n) is 12.5. The number of aryl methyl sites for hydroxylation is 2. The zero-order valence-electron chi connectivity index (χ0n) is 22.1. The number of halogens is 1. The van der Waals surface area contributed by atoms with Crippen molar-refractivity contribution in [1.82, 2.24) is 10.2 Å². The van der Waals surface area contributed by atoms with E-state index < -0.39 is 28.5 Å². The van der Waals surface area contributed by atoms with Gasteiger partial charge in [0.15, 0.2) is 0 Å². The number of amides is 2. The number of hydrogen-bond donors (Lipinski definition) is 1. The van der Waals surface area contributed by atoms with Gasteiger partial charge >= 0.3 is 0 Å². The molecule has 0 fully saturated rings. The Balaban J connectivity index is 2.04. The molecule has 0 spiro atoms. The highest BCUT2D eigenvalue weighted by molar-refractivity contribution is 7.92. The monoisotopic (exact) mass is 555 g/mol. The number of benzene rings is 3. The molecule has 3 rings (SSSR count). The lowest BCUT2D eigenvalue weighted by molar-refractivity contribution is -0.139. The van der Waals surface area contributed by atoms with Gasteiger partial charge in [-0.15, -0.1) is 0 Å². The SMILES string of the molecule is CC[C@@H](C(=O)NC)N(CCc1ccccc1)C(=O)CN(c1ccc(Cl)cc1C)S(=O)(=O)c1ccc(C)cc1. The second-order valence-electron chi connectivity index (χ2n) is 9.12. The Morgan fingerprint density at radius 1 is 0.974 bits per heavy atom. The molecular weight excluding hydrogens is 522 g/mol. The van der Waals surface area contributed by atoms with Crippen LogP contribution in [0, 0.1) is 13.8 Å². The zero-order valence-corrected chi connectivity index (χ0v) is 23.7. The van der Waals surface area contributed by atoms with Crippen LogP contribution in [0.15, 0.2) is 77.7 Å². The average molecular weight is 556 g/mol. The third-order valence-electron chi connectivity index (χ3n) is 6.43. The Morgan fingerprint density at radius 2 is 1.63 bits per heavy atom. The van der Waals surface area contributed by atoms with Gasteiger partial charge in [0.25, 0.3) is 10.0 Å². The van der Waals surface area contributed by atoms with Crippen LogP contribution in [0.3, 0.4) is 0 Å². The second-order valence-corrected chi connectivity index (χ2v) is 11.4. The van der Waals surface area contributed by atoms with E-state index in [2.05, 4.69) is 5.32 Å². The Labute approximate surface area is 230 Å². The number of nitrogens with one attached hydrogen (secondary N) is 1. The van der Waals surface area contributed by atoms with E-state index in [0.29, 0.717) is 29.1 Å². The van der Waals surface area contributed by atoms with Crippen molar-refractivity contribution in [1.29, 1.82) is 0 Å². The highest BCUT2D eigenvalue weighted by Crippen LogP contribution is 2.29. The van der Waals surface area contributed by atoms with Crippen LogP contribution in [0.5, 0.6) is 0 Å². The van der Waals surface area contributed by atoms with Crippen molar-refractivity contribution in [2.75, 3.05) is 24.4 Å². The molecular formula is C29H34ClN3O4S. The molecule has 2 amide bonds. The van der Waals surface area contributed by atoms with Crippen molar-refractivity contribution in [3.8, 4) is 0 Å². The van der Waals surface area contributed by atoms with Crippen LogP contribution >= 0.6 is 11.6 Å². The van der Waals surface area contributed by atoms with Gasteiger partial charge in [-0.25, -0.2) is 8.42 Å². The summed E-state index contributed by atoms with van der Waals surface area (Å²) in [6.45, 7) is 5.23. The molecule has 1 atom stereocenters. The summed E-state index contributed by atoms with van der Waals surface area (Å²) in [5, 5.41) is 3.09. The van der Waals surface area contributed by atoms with Gasteiger partial charge in [0.05, 0.1) is 10.6 Å². The number of anilines is 1. The van der Waals surface area contributed by atoms with Crippen LogP contribution in [0.1, 0.15) is 30.0 Å². The predicted molar refractivity (Wildman–Crippen MR) is 152 cm³/mol. The number of rotatable bonds is 11. The molecule has 7 nitrogen and oxygen atoms in total. The molecule has 0 heterocycles. The van der Waals surface area contributed by atoms with E-state index in [1.807, 2.05) is 44.2 Å². The fourth-order valence-corrected chi connectivity index (χ4v) is 6.02. The Kier molecular flexibility index (Phi) is 9.94. The predicted octanol–water partition coefficient (Wildman–Crippen LogP) is 4.75. The van der Waals surface area contributed by atoms with Gasteiger partial charge < -0.3 is 10.2 Å². The topological polar surface area (TPSA) is 86.8 Å². The molecule has 38 heavy (non-hydrogen) atoms. The zero-order chi connectivity index (χ0) is 27.9. The maximum atomic E-state index is 13.9. The molecule has 0 bridgehead atoms. The highest BCUT2D eigenvalue weighted by atomic mass is 35.5. The van der Waals surface area contributed by atoms with Crippen LogP contribution in [-0.4, -0.2) is 51.3 Å². The molecule has 0 aliphatic heterocycles. The van der Waals surface area contributed by atoms with Crippen molar-refractivity contribution < 1.29 is 18.0 Å². The molecule has 1 N–H and O–H groups in total. The lowest BCUT2D eigenvalue weighted by Gasteiger charge is -2.33. The molecule has 0 aliphatic rings. The summed E-state index contributed by atoms with van der Waals surface area (Å²) in [5.74, 6) is -0.772. The number of carbonyl (C=O) groups excluding carboxylic acids is 2. The maximum Gasteiger partial charge on any atom is 0.264 e. The number of nitrogens with zero attached hydrogens (tertiary/aromatic N) is 2. The molecule has 0 saturated heterocycles. The summed E-state index contributed by atoms with van der Waals surface area (Å²) in [7, 11) is -2.59. The van der Waals surface area contributed by atoms with Gasteiger partial charge in [-0.05, 0) is 68.1 Å². The first kappa shape index (κ1) is 29.2. The van der Waals surface area contributed by atoms with Crippen LogP contribution in [0.4, 0.5) is 5.69 Å². The average Bonchev–Trinajstić information content (AvgIpc) is 2.90. The maximum absolute atomic E-state index is 13.9. The summed E-state index contributed by atoms with van der Waals surface area (Å²) in [5.41, 5.74) is 2.88. The van der Waals surface area contributed by atoms with Gasteiger partial charge in [-0.3, -0.25) is 13.9 Å². The van der Waals surface area contributed by atoms with Gasteiger partial charge in [-0.1, -0.05) is 66.6 Å². The summed E-state index contributed by atoms with van der Waals surface area (Å²) >= 11 is 6.15. The number of sulfonamides is 1. The van der Waals surface area contributed by atoms with Gasteiger partial charge in [0.1, 0.15) is 12.6 Å². The first-order chi connectivity index (χ1) is 18.1. The number of likely N-dealkylation sites (N-methyl/N-ethyl adjacent to an activating group) is 1. The van der Waals surface area contributed by atoms with Gasteiger partial charge in [-0.2, -0.15) is 0 Å². The third-order valence-corrected chi connectivity index (χ3v) is 8.44. The largest absolute Gasteiger partial charge is 0.357 e. The van der Waals surface area contributed by atoms with E-state index in [0.717, 1.165) is 15.4 Å². The second kappa shape index (κ2) is 12.9. The fourth-order valence-electron chi connectivity index (χ4n) is 4.31. The minimum Gasteiger partial charge on any atom is -0.357 e. The molecule has 0 unspecified atom stereocenters. The molecule has 0 aromatic heterocycles. The Morgan fingerprint density at radius 3 is 2.21 bits per heavy atom. The molecule has 3 aromatic carbocycles. The molecule has 0 aliphatic carbocycles. The van der Waals surface area contributed by atoms with E-state index in [1.165, 1.54) is 24.1 Å². The minimum absolute atomic E-state index is 0.0689. The van der Waals surface area contributed by atoms with Gasteiger partial charge in [0, 0.05) is 18.6 Å². The van der Waals surface area contributed by atoms with Crippen molar-refractivity contribution in [3.63, 3.8) is 0 Å². The van der Waals surface area contributed by atoms with Crippen molar-refractivity contribution in [2.24, 2.45) is 0 Å². The van der Waals surface area contributed by atoms with Crippen LogP contribution in [-0.2, 0) is 26.0 Å². The summed E-state index contributed by atoms with van der Waals surface area (Å²) in [6.07, 6.45) is 0.898. The van der Waals surface area contributed by atoms with Gasteiger partial charge in [0.2, 0.25) is 11.8 Å². The van der Waals surface area contributed by atoms with Crippen molar-refractivity contribution in [2.45, 2.75) is 44.6 Å². The van der Waals surface area contributed by atoms with E-state index in [9.17, 15) is 18.0 Å². The van der Waals surface area contributed by atoms with Crippen LogP contribution in [0.2, 0.25) is 5.02 Å². The highest BCUT2D eigenvalue weighted by Gasteiger charge is 2.33. The van der Waals surface area contributed by atoms with E-state index in [4.69, 9.17) is 11.6 Å². The van der Waals surface area contributed by atoms with Crippen molar-refractivity contribution in [3.05, 3.63) is 94.5 Å². The molecule has 9 heteroatoms. The molecule has 0 saturated carbocycles. The number of carbonyl (C=O) groups is 2. The van der Waals surface area contributed by atoms with Crippen molar-refractivity contribution >= 4 is 39.1 Å². The van der Waals surface area contributed by atoms with Crippen LogP contribution in [0.25, 0.3) is 0 Å². The lowest BCUT2D eigenvalue weighted by atomic mass is 10.1. The Bertz CT molecular complexity index is 1360. The van der Waals surface area contributed by atoms with Crippen LogP contribution < -0.4 is 9.62 Å². The molecule has 202 valence electrons. The lowest BCUT2D eigenvalue weighted by Crippen LogP contribution is -2.52. The Hall–Kier alpha value is -3.36.